The first-order valence-electron chi connectivity index (χ1n) is 10.5. The van der Waals surface area contributed by atoms with Crippen molar-refractivity contribution >= 4 is 11.4 Å². The van der Waals surface area contributed by atoms with Gasteiger partial charge >= 0.3 is 0 Å². The Labute approximate surface area is 185 Å². The average Bonchev–Trinajstić information content (AvgIpc) is 3.23. The summed E-state index contributed by atoms with van der Waals surface area (Å²) in [6, 6.07) is 19.9. The Balaban J connectivity index is 0.000000388. The van der Waals surface area contributed by atoms with Gasteiger partial charge in [0.1, 0.15) is 11.4 Å². The molecule has 0 aliphatic heterocycles. The third-order valence-corrected chi connectivity index (χ3v) is 5.30. The number of ketones is 1. The minimum absolute atomic E-state index is 0. The Morgan fingerprint density at radius 2 is 1.84 bits per heavy atom. The highest BCUT2D eigenvalue weighted by Gasteiger charge is 2.18. The zero-order chi connectivity index (χ0) is 22.4. The summed E-state index contributed by atoms with van der Waals surface area (Å²) in [5, 5.41) is 4.50. The summed E-state index contributed by atoms with van der Waals surface area (Å²) in [5.41, 5.74) is 5.41. The van der Waals surface area contributed by atoms with Gasteiger partial charge in [-0.3, -0.25) is 4.79 Å². The van der Waals surface area contributed by atoms with E-state index in [-0.39, 0.29) is 13.1 Å². The number of nitrogens with zero attached hydrogens (tertiary/aromatic N) is 3. The smallest absolute Gasteiger partial charge is 0.185 e. The third kappa shape index (κ3) is 5.18. The fourth-order valence-electron chi connectivity index (χ4n) is 3.24. The number of aromatic nitrogens is 3. The molecule has 0 amide bonds. The van der Waals surface area contributed by atoms with Crippen molar-refractivity contribution in [2.24, 2.45) is 5.92 Å². The minimum atomic E-state index is -0.0402. The molecule has 31 heavy (non-hydrogen) atoms. The number of methoxy groups -OCH3 is 1. The normalized spacial score (nSPS) is 11.5. The molecule has 4 aromatic rings. The molecule has 162 valence electrons. The Hall–Kier alpha value is -3.47. The summed E-state index contributed by atoms with van der Waals surface area (Å²) >= 11 is 0. The number of aryl methyl sites for hydroxylation is 2. The van der Waals surface area contributed by atoms with Gasteiger partial charge < -0.3 is 4.74 Å². The zero-order valence-corrected chi connectivity index (χ0v) is 18.8. The first kappa shape index (κ1) is 22.2. The summed E-state index contributed by atoms with van der Waals surface area (Å²) in [7, 11) is 1.66. The number of hydrogen-bond acceptors (Lipinski definition) is 4. The molecule has 0 saturated heterocycles. The highest BCUT2D eigenvalue weighted by atomic mass is 16.5. The fourth-order valence-corrected chi connectivity index (χ4v) is 3.24. The van der Waals surface area contributed by atoms with Crippen molar-refractivity contribution in [1.82, 2.24) is 14.6 Å². The lowest BCUT2D eigenvalue weighted by atomic mass is 10.0. The van der Waals surface area contributed by atoms with Crippen molar-refractivity contribution in [3.05, 3.63) is 83.7 Å². The Bertz CT molecular complexity index is 1170. The van der Waals surface area contributed by atoms with Crippen LogP contribution >= 0.6 is 0 Å². The molecule has 1 unspecified atom stereocenters. The van der Waals surface area contributed by atoms with E-state index in [9.17, 15) is 4.79 Å². The van der Waals surface area contributed by atoms with Crippen LogP contribution in [0.3, 0.4) is 0 Å². The number of Topliss-reactive ketones (excluding diaryl/α,β-unsaturated/α-hetero) is 1. The van der Waals surface area contributed by atoms with E-state index in [0.717, 1.165) is 29.0 Å². The molecule has 5 heteroatoms. The Morgan fingerprint density at radius 1 is 1.10 bits per heavy atom. The number of carbonyl (C=O) groups excluding carboxylic acids is 1. The van der Waals surface area contributed by atoms with E-state index in [2.05, 4.69) is 29.1 Å². The van der Waals surface area contributed by atoms with E-state index < -0.39 is 0 Å². The van der Waals surface area contributed by atoms with Gasteiger partial charge in [-0.15, -0.1) is 0 Å². The number of ether oxygens (including phenoxy) is 1. The van der Waals surface area contributed by atoms with E-state index in [0.29, 0.717) is 11.3 Å². The summed E-state index contributed by atoms with van der Waals surface area (Å²) in [6.45, 7) is 8.01. The lowest BCUT2D eigenvalue weighted by molar-refractivity contribution is 0.0922. The van der Waals surface area contributed by atoms with Crippen LogP contribution in [0, 0.1) is 19.8 Å². The molecule has 4 rings (SSSR count). The maximum atomic E-state index is 12.4. The molecular weight excluding hydrogens is 386 g/mol. The molecule has 0 radical (unpaired) electrons. The van der Waals surface area contributed by atoms with Gasteiger partial charge in [-0.25, -0.2) is 9.50 Å². The van der Waals surface area contributed by atoms with Gasteiger partial charge in [0.25, 0.3) is 0 Å². The number of fused-ring (bicyclic) bond motifs is 1. The summed E-state index contributed by atoms with van der Waals surface area (Å²) in [6.07, 6.45) is 2.54. The molecule has 0 saturated carbocycles. The number of rotatable bonds is 5. The first-order valence-corrected chi connectivity index (χ1v) is 10.5. The van der Waals surface area contributed by atoms with E-state index >= 15 is 0 Å². The van der Waals surface area contributed by atoms with Crippen LogP contribution in [0.15, 0.2) is 66.9 Å². The number of hydrogen-bond donors (Lipinski definition) is 0. The lowest BCUT2D eigenvalue weighted by Crippen LogP contribution is -2.11. The van der Waals surface area contributed by atoms with Gasteiger partial charge in [0.15, 0.2) is 11.4 Å². The van der Waals surface area contributed by atoms with Crippen molar-refractivity contribution in [1.29, 1.82) is 0 Å². The monoisotopic (exact) mass is 417 g/mol. The molecule has 0 bridgehead atoms. The van der Waals surface area contributed by atoms with Gasteiger partial charge in [-0.1, -0.05) is 49.7 Å². The number of benzene rings is 2. The van der Waals surface area contributed by atoms with Crippen molar-refractivity contribution < 1.29 is 11.0 Å². The van der Waals surface area contributed by atoms with Crippen LogP contribution in [0.5, 0.6) is 5.75 Å². The minimum Gasteiger partial charge on any atom is -0.496 e. The van der Waals surface area contributed by atoms with Crippen LogP contribution in [0.4, 0.5) is 0 Å². The molecule has 0 spiro atoms. The summed E-state index contributed by atoms with van der Waals surface area (Å²) < 4.78 is 7.05. The predicted molar refractivity (Wildman–Crippen MR) is 127 cm³/mol. The van der Waals surface area contributed by atoms with E-state index in [1.807, 2.05) is 63.2 Å². The van der Waals surface area contributed by atoms with E-state index in [4.69, 9.17) is 4.74 Å². The molecular formula is C26H31N3O2. The summed E-state index contributed by atoms with van der Waals surface area (Å²) in [5.74, 6) is 0.860. The number of carbonyl (C=O) groups is 1. The van der Waals surface area contributed by atoms with Gasteiger partial charge in [-0.2, -0.15) is 5.10 Å². The molecule has 0 aliphatic carbocycles. The first-order chi connectivity index (χ1) is 14.9. The molecule has 5 nitrogen and oxygen atoms in total. The quantitative estimate of drug-likeness (QED) is 0.364. The van der Waals surface area contributed by atoms with Crippen LogP contribution < -0.4 is 4.74 Å². The summed E-state index contributed by atoms with van der Waals surface area (Å²) in [4.78, 5) is 16.7. The Morgan fingerprint density at radius 3 is 2.42 bits per heavy atom. The van der Waals surface area contributed by atoms with Crippen molar-refractivity contribution in [3.63, 3.8) is 0 Å². The van der Waals surface area contributed by atoms with Gasteiger partial charge in [0, 0.05) is 25.2 Å². The lowest BCUT2D eigenvalue weighted by Gasteiger charge is -2.09. The van der Waals surface area contributed by atoms with Gasteiger partial charge in [-0.05, 0) is 50.1 Å². The standard InChI is InChI=1S/C19H21N3O2.C7H8.H2/c1-5-12(2)19(23)15-11-18-20-9-8-16(22(18)21-15)14-6-7-17(24-4)13(3)10-14;1-7-5-3-2-4-6-7;/h6-12H,5H2,1-4H3;2-6H,1H3;1H. The third-order valence-electron chi connectivity index (χ3n) is 5.30. The largest absolute Gasteiger partial charge is 0.496 e. The highest BCUT2D eigenvalue weighted by Crippen LogP contribution is 2.26. The predicted octanol–water partition coefficient (Wildman–Crippen LogP) is 6.18. The molecule has 0 N–H and O–H groups in total. The molecule has 2 aromatic carbocycles. The maximum Gasteiger partial charge on any atom is 0.185 e. The second-order valence-corrected chi connectivity index (χ2v) is 7.64. The van der Waals surface area contributed by atoms with Gasteiger partial charge in [0.2, 0.25) is 0 Å². The van der Waals surface area contributed by atoms with Crippen LogP contribution in [0.1, 0.15) is 43.3 Å². The van der Waals surface area contributed by atoms with Crippen LogP contribution in [0.25, 0.3) is 16.9 Å². The second kappa shape index (κ2) is 10.0. The topological polar surface area (TPSA) is 56.5 Å². The molecule has 2 aromatic heterocycles. The van der Waals surface area contributed by atoms with Crippen LogP contribution in [-0.2, 0) is 0 Å². The van der Waals surface area contributed by atoms with Crippen molar-refractivity contribution in [2.45, 2.75) is 34.1 Å². The van der Waals surface area contributed by atoms with Crippen molar-refractivity contribution in [2.75, 3.05) is 7.11 Å². The maximum absolute atomic E-state index is 12.4. The van der Waals surface area contributed by atoms with Crippen LogP contribution in [-0.4, -0.2) is 27.5 Å². The fraction of sp³-hybridized carbons (Fsp3) is 0.269. The Kier molecular flexibility index (Phi) is 7.19. The molecule has 1 atom stereocenters. The van der Waals surface area contributed by atoms with E-state index in [1.54, 1.807) is 23.9 Å². The molecule has 0 aliphatic rings. The highest BCUT2D eigenvalue weighted by molar-refractivity contribution is 5.96. The second-order valence-electron chi connectivity index (χ2n) is 7.64. The zero-order valence-electron chi connectivity index (χ0n) is 18.8. The van der Waals surface area contributed by atoms with Crippen molar-refractivity contribution in [3.8, 4) is 17.0 Å². The average molecular weight is 418 g/mol. The molecule has 0 fully saturated rings. The molecule has 2 heterocycles. The van der Waals surface area contributed by atoms with Crippen LogP contribution in [0.2, 0.25) is 0 Å². The van der Waals surface area contributed by atoms with E-state index in [1.165, 1.54) is 5.56 Å². The SMILES string of the molecule is CCC(C)C(=O)c1cc2nccc(-c3ccc(OC)c(C)c3)n2n1.Cc1ccccc1.[HH]. The van der Waals surface area contributed by atoms with Gasteiger partial charge in [0.05, 0.1) is 12.8 Å².